The van der Waals surface area contributed by atoms with Gasteiger partial charge in [0, 0.05) is 10.8 Å². The van der Waals surface area contributed by atoms with Crippen molar-refractivity contribution in [2.45, 2.75) is 66.2 Å². The molecule has 0 amide bonds. The van der Waals surface area contributed by atoms with Gasteiger partial charge in [-0.2, -0.15) is 0 Å². The molecule has 1 heteroatoms. The Hall–Kier alpha value is -2.12. The van der Waals surface area contributed by atoms with E-state index >= 15 is 0 Å². The molecule has 0 saturated heterocycles. The van der Waals surface area contributed by atoms with E-state index in [1.165, 1.54) is 33.4 Å². The van der Waals surface area contributed by atoms with E-state index < -0.39 is 0 Å². The lowest BCUT2D eigenvalue weighted by atomic mass is 9.83. The van der Waals surface area contributed by atoms with Crippen molar-refractivity contribution >= 4 is 12.2 Å². The van der Waals surface area contributed by atoms with Gasteiger partial charge in [0.25, 0.3) is 0 Å². The Bertz CT molecular complexity index is 765. The zero-order chi connectivity index (χ0) is 21.7. The third kappa shape index (κ3) is 7.01. The van der Waals surface area contributed by atoms with Crippen LogP contribution in [0.25, 0.3) is 12.2 Å². The van der Waals surface area contributed by atoms with Crippen molar-refractivity contribution in [2.75, 3.05) is 13.2 Å². The van der Waals surface area contributed by atoms with E-state index in [1.807, 2.05) is 0 Å². The smallest absolute Gasteiger partial charge is 0.0558 e. The highest BCUT2D eigenvalue weighted by Gasteiger charge is 2.25. The van der Waals surface area contributed by atoms with Crippen molar-refractivity contribution in [1.29, 1.82) is 0 Å². The summed E-state index contributed by atoms with van der Waals surface area (Å²) in [6.45, 7) is 18.9. The van der Waals surface area contributed by atoms with Crippen LogP contribution in [0.1, 0.15) is 77.6 Å². The molecule has 2 aromatic rings. The second-order valence-electron chi connectivity index (χ2n) is 9.95. The first-order valence-corrected chi connectivity index (χ1v) is 10.6. The molecule has 0 saturated carbocycles. The Morgan fingerprint density at radius 2 is 0.931 bits per heavy atom. The summed E-state index contributed by atoms with van der Waals surface area (Å²) < 4.78 is 6.24. The van der Waals surface area contributed by atoms with Crippen LogP contribution in [0.5, 0.6) is 0 Å². The predicted molar refractivity (Wildman–Crippen MR) is 128 cm³/mol. The molecule has 0 heterocycles. The van der Waals surface area contributed by atoms with Crippen molar-refractivity contribution in [2.24, 2.45) is 0 Å². The Morgan fingerprint density at radius 1 is 0.621 bits per heavy atom. The molecule has 0 aliphatic heterocycles. The van der Waals surface area contributed by atoms with Gasteiger partial charge >= 0.3 is 0 Å². The molecule has 0 aliphatic carbocycles. The lowest BCUT2D eigenvalue weighted by Gasteiger charge is -2.30. The maximum Gasteiger partial charge on any atom is 0.0558 e. The van der Waals surface area contributed by atoms with Crippen LogP contribution in [0, 0.1) is 0 Å². The molecule has 0 unspecified atom stereocenters. The van der Waals surface area contributed by atoms with E-state index in [9.17, 15) is 0 Å². The van der Waals surface area contributed by atoms with Gasteiger partial charge in [0.2, 0.25) is 0 Å². The van der Waals surface area contributed by atoms with Crippen LogP contribution < -0.4 is 0 Å². The van der Waals surface area contributed by atoms with Gasteiger partial charge < -0.3 is 4.74 Å². The minimum absolute atomic E-state index is 0.0209. The van der Waals surface area contributed by atoms with Gasteiger partial charge in [-0.15, -0.1) is 0 Å². The van der Waals surface area contributed by atoms with E-state index in [1.54, 1.807) is 0 Å². The summed E-state index contributed by atoms with van der Waals surface area (Å²) in [6.07, 6.45) is 4.41. The first kappa shape index (κ1) is 23.2. The SMILES string of the molecule is CC(C)=Cc1ccc(C(C)(C)COCC(C)(C)c2ccc(C=C(C)C)cc2)cc1. The quantitative estimate of drug-likeness (QED) is 0.446. The van der Waals surface area contributed by atoms with Crippen LogP contribution in [0.2, 0.25) is 0 Å². The molecular formula is C28H38O. The summed E-state index contributed by atoms with van der Waals surface area (Å²) in [5, 5.41) is 0. The Morgan fingerprint density at radius 3 is 1.21 bits per heavy atom. The van der Waals surface area contributed by atoms with Gasteiger partial charge in [-0.05, 0) is 49.9 Å². The molecule has 2 aromatic carbocycles. The van der Waals surface area contributed by atoms with Gasteiger partial charge in [-0.3, -0.25) is 0 Å². The minimum Gasteiger partial charge on any atom is -0.380 e. The molecular weight excluding hydrogens is 352 g/mol. The highest BCUT2D eigenvalue weighted by molar-refractivity contribution is 5.53. The largest absolute Gasteiger partial charge is 0.380 e. The van der Waals surface area contributed by atoms with Crippen LogP contribution in [0.15, 0.2) is 59.7 Å². The molecule has 1 nitrogen and oxygen atoms in total. The zero-order valence-electron chi connectivity index (χ0n) is 19.6. The molecule has 0 atom stereocenters. The Labute approximate surface area is 178 Å². The maximum absolute atomic E-state index is 6.24. The van der Waals surface area contributed by atoms with Gasteiger partial charge in [0.1, 0.15) is 0 Å². The number of benzene rings is 2. The Balaban J connectivity index is 1.99. The summed E-state index contributed by atoms with van der Waals surface area (Å²) in [7, 11) is 0. The normalized spacial score (nSPS) is 11.9. The molecule has 0 fully saturated rings. The van der Waals surface area contributed by atoms with Crippen molar-refractivity contribution in [1.82, 2.24) is 0 Å². The van der Waals surface area contributed by atoms with Crippen LogP contribution in [0.4, 0.5) is 0 Å². The van der Waals surface area contributed by atoms with Gasteiger partial charge in [0.15, 0.2) is 0 Å². The van der Waals surface area contributed by atoms with E-state index in [0.29, 0.717) is 13.2 Å². The molecule has 0 aliphatic rings. The monoisotopic (exact) mass is 390 g/mol. The fraction of sp³-hybridized carbons (Fsp3) is 0.429. The average Bonchev–Trinajstić information content (AvgIpc) is 2.61. The third-order valence-electron chi connectivity index (χ3n) is 5.22. The van der Waals surface area contributed by atoms with E-state index in [-0.39, 0.29) is 10.8 Å². The number of allylic oxidation sites excluding steroid dienone is 2. The summed E-state index contributed by atoms with van der Waals surface area (Å²) in [5.41, 5.74) is 7.72. The van der Waals surface area contributed by atoms with Crippen LogP contribution in [-0.2, 0) is 15.6 Å². The molecule has 0 spiro atoms. The fourth-order valence-electron chi connectivity index (χ4n) is 3.46. The topological polar surface area (TPSA) is 9.23 Å². The summed E-state index contributed by atoms with van der Waals surface area (Å²) in [4.78, 5) is 0. The predicted octanol–water partition coefficient (Wildman–Crippen LogP) is 7.81. The van der Waals surface area contributed by atoms with E-state index in [4.69, 9.17) is 4.74 Å². The molecule has 0 aromatic heterocycles. The van der Waals surface area contributed by atoms with Crippen LogP contribution in [-0.4, -0.2) is 13.2 Å². The number of ether oxygens (including phenoxy) is 1. The lowest BCUT2D eigenvalue weighted by molar-refractivity contribution is 0.0634. The highest BCUT2D eigenvalue weighted by Crippen LogP contribution is 2.28. The summed E-state index contributed by atoms with van der Waals surface area (Å²) >= 11 is 0. The number of hydrogen-bond acceptors (Lipinski definition) is 1. The number of rotatable bonds is 8. The number of hydrogen-bond donors (Lipinski definition) is 0. The zero-order valence-corrected chi connectivity index (χ0v) is 19.6. The van der Waals surface area contributed by atoms with E-state index in [0.717, 1.165) is 0 Å². The van der Waals surface area contributed by atoms with Gasteiger partial charge in [-0.1, -0.05) is 99.5 Å². The van der Waals surface area contributed by atoms with Gasteiger partial charge in [0.05, 0.1) is 13.2 Å². The molecule has 156 valence electrons. The maximum atomic E-state index is 6.24. The molecule has 0 bridgehead atoms. The van der Waals surface area contributed by atoms with Crippen LogP contribution in [0.3, 0.4) is 0 Å². The summed E-state index contributed by atoms with van der Waals surface area (Å²) in [5.74, 6) is 0. The van der Waals surface area contributed by atoms with Gasteiger partial charge in [-0.25, -0.2) is 0 Å². The molecule has 29 heavy (non-hydrogen) atoms. The molecule has 0 N–H and O–H groups in total. The highest BCUT2D eigenvalue weighted by atomic mass is 16.5. The molecule has 2 rings (SSSR count). The first-order valence-electron chi connectivity index (χ1n) is 10.6. The lowest BCUT2D eigenvalue weighted by Crippen LogP contribution is -2.30. The molecule has 0 radical (unpaired) electrons. The standard InChI is InChI=1S/C28H38O/c1-21(2)17-23-9-13-25(14-10-23)27(5,6)19-29-20-28(7,8)26-15-11-24(12-16-26)18-22(3)4/h9-18H,19-20H2,1-8H3. The second-order valence-corrected chi connectivity index (χ2v) is 9.95. The van der Waals surface area contributed by atoms with Crippen molar-refractivity contribution in [3.05, 3.63) is 81.9 Å². The third-order valence-corrected chi connectivity index (χ3v) is 5.22. The van der Waals surface area contributed by atoms with Crippen molar-refractivity contribution in [3.63, 3.8) is 0 Å². The fourth-order valence-corrected chi connectivity index (χ4v) is 3.46. The van der Waals surface area contributed by atoms with E-state index in [2.05, 4.69) is 116 Å². The Kier molecular flexibility index (Phi) is 7.66. The second kappa shape index (κ2) is 9.59. The van der Waals surface area contributed by atoms with Crippen molar-refractivity contribution < 1.29 is 4.74 Å². The first-order chi connectivity index (χ1) is 13.5. The van der Waals surface area contributed by atoms with Crippen molar-refractivity contribution in [3.8, 4) is 0 Å². The minimum atomic E-state index is -0.0209. The summed E-state index contributed by atoms with van der Waals surface area (Å²) in [6, 6.07) is 17.7. The average molecular weight is 391 g/mol. The van der Waals surface area contributed by atoms with Crippen LogP contribution >= 0.6 is 0 Å².